The first-order valence-electron chi connectivity index (χ1n) is 10.2. The summed E-state index contributed by atoms with van der Waals surface area (Å²) in [6, 6.07) is 10.5. The van der Waals surface area contributed by atoms with Crippen LogP contribution in [0.4, 0.5) is 0 Å². The molecule has 1 saturated heterocycles. The highest BCUT2D eigenvalue weighted by Crippen LogP contribution is 2.24. The zero-order valence-electron chi connectivity index (χ0n) is 16.1. The molecule has 0 unspecified atom stereocenters. The number of hydrogen-bond acceptors (Lipinski definition) is 4. The fourth-order valence-electron chi connectivity index (χ4n) is 3.88. The molecule has 0 amide bonds. The smallest absolute Gasteiger partial charge is 0.200 e. The van der Waals surface area contributed by atoms with E-state index in [2.05, 4.69) is 4.90 Å². The average molecular weight is 400 g/mol. The highest BCUT2D eigenvalue weighted by molar-refractivity contribution is 6.31. The van der Waals surface area contributed by atoms with Crippen molar-refractivity contribution >= 4 is 33.5 Å². The van der Waals surface area contributed by atoms with E-state index in [0.717, 1.165) is 12.8 Å². The summed E-state index contributed by atoms with van der Waals surface area (Å²) < 4.78 is 11.7. The van der Waals surface area contributed by atoms with Gasteiger partial charge in [0.25, 0.3) is 0 Å². The Hall–Kier alpha value is -2.04. The Morgan fingerprint density at radius 3 is 2.50 bits per heavy atom. The van der Waals surface area contributed by atoms with E-state index in [1.807, 2.05) is 6.07 Å². The van der Waals surface area contributed by atoms with Crippen LogP contribution in [0, 0.1) is 0 Å². The highest BCUT2D eigenvalue weighted by Gasteiger charge is 2.10. The van der Waals surface area contributed by atoms with Crippen molar-refractivity contribution in [2.24, 2.45) is 0 Å². The Labute approximate surface area is 170 Å². The molecular formula is C23H26ClNO3. The number of rotatable bonds is 7. The number of piperidine rings is 1. The Bertz CT molecular complexity index is 1010. The minimum Gasteiger partial charge on any atom is -0.494 e. The van der Waals surface area contributed by atoms with Gasteiger partial charge in [-0.25, -0.2) is 0 Å². The summed E-state index contributed by atoms with van der Waals surface area (Å²) in [6.45, 7) is 4.38. The lowest BCUT2D eigenvalue weighted by Gasteiger charge is -2.26. The second kappa shape index (κ2) is 8.97. The second-order valence-corrected chi connectivity index (χ2v) is 7.98. The molecule has 0 N–H and O–H groups in total. The zero-order chi connectivity index (χ0) is 19.3. The maximum absolute atomic E-state index is 12.8. The summed E-state index contributed by atoms with van der Waals surface area (Å²) in [4.78, 5) is 15.4. The molecule has 28 heavy (non-hydrogen) atoms. The van der Waals surface area contributed by atoms with Gasteiger partial charge < -0.3 is 14.1 Å². The van der Waals surface area contributed by atoms with Crippen LogP contribution in [-0.4, -0.2) is 31.1 Å². The van der Waals surface area contributed by atoms with Gasteiger partial charge in [-0.05, 0) is 88.1 Å². The first-order chi connectivity index (χ1) is 13.7. The van der Waals surface area contributed by atoms with Crippen LogP contribution in [0.3, 0.4) is 0 Å². The van der Waals surface area contributed by atoms with Gasteiger partial charge in [0.05, 0.1) is 17.4 Å². The molecule has 0 spiro atoms. The average Bonchev–Trinajstić information content (AvgIpc) is 2.72. The standard InChI is InChI=1S/C23H26ClNO3/c24-17-7-9-21-19(15-17)23(26)20-16-18(8-10-22(20)28-21)27-14-6-2-5-13-25-11-3-1-4-12-25/h7-10,15-16H,1-6,11-14H2. The monoisotopic (exact) mass is 399 g/mol. The fraction of sp³-hybridized carbons (Fsp3) is 0.435. The van der Waals surface area contributed by atoms with Crippen LogP contribution in [0.2, 0.25) is 5.02 Å². The van der Waals surface area contributed by atoms with Gasteiger partial charge in [0.15, 0.2) is 0 Å². The summed E-state index contributed by atoms with van der Waals surface area (Å²) in [5.74, 6) is 0.706. The minimum atomic E-state index is -0.0780. The molecular weight excluding hydrogens is 374 g/mol. The number of unbranched alkanes of at least 4 members (excludes halogenated alkanes) is 2. The Morgan fingerprint density at radius 1 is 0.929 bits per heavy atom. The van der Waals surface area contributed by atoms with Gasteiger partial charge in [-0.15, -0.1) is 0 Å². The van der Waals surface area contributed by atoms with Crippen molar-refractivity contribution in [3.05, 3.63) is 51.6 Å². The van der Waals surface area contributed by atoms with Gasteiger partial charge in [0, 0.05) is 5.02 Å². The van der Waals surface area contributed by atoms with Crippen LogP contribution in [-0.2, 0) is 0 Å². The number of benzene rings is 2. The molecule has 1 aliphatic heterocycles. The van der Waals surface area contributed by atoms with Gasteiger partial charge >= 0.3 is 0 Å². The molecule has 0 saturated carbocycles. The molecule has 1 fully saturated rings. The van der Waals surface area contributed by atoms with Crippen LogP contribution in [0.1, 0.15) is 38.5 Å². The molecule has 5 heteroatoms. The molecule has 4 nitrogen and oxygen atoms in total. The lowest BCUT2D eigenvalue weighted by molar-refractivity contribution is 0.221. The van der Waals surface area contributed by atoms with E-state index in [4.69, 9.17) is 20.8 Å². The predicted molar refractivity (Wildman–Crippen MR) is 115 cm³/mol. The first-order valence-corrected chi connectivity index (χ1v) is 10.6. The summed E-state index contributed by atoms with van der Waals surface area (Å²) in [5, 5.41) is 1.54. The molecule has 0 bridgehead atoms. The predicted octanol–water partition coefficient (Wildman–Crippen LogP) is 5.63. The normalized spacial score (nSPS) is 15.3. The molecule has 0 aliphatic carbocycles. The molecule has 1 aromatic heterocycles. The summed E-state index contributed by atoms with van der Waals surface area (Å²) in [7, 11) is 0. The van der Waals surface area contributed by atoms with Crippen LogP contribution in [0.5, 0.6) is 5.75 Å². The van der Waals surface area contributed by atoms with Crippen molar-refractivity contribution in [3.63, 3.8) is 0 Å². The van der Waals surface area contributed by atoms with Gasteiger partial charge in [0.2, 0.25) is 5.43 Å². The third-order valence-corrected chi connectivity index (χ3v) is 5.67. The molecule has 2 aromatic carbocycles. The first kappa shape index (κ1) is 19.3. The molecule has 4 rings (SSSR count). The zero-order valence-corrected chi connectivity index (χ0v) is 16.8. The van der Waals surface area contributed by atoms with Crippen LogP contribution >= 0.6 is 11.6 Å². The maximum atomic E-state index is 12.8. The number of nitrogens with zero attached hydrogens (tertiary/aromatic N) is 1. The minimum absolute atomic E-state index is 0.0780. The van der Waals surface area contributed by atoms with Crippen LogP contribution in [0.15, 0.2) is 45.6 Å². The molecule has 3 aromatic rings. The third kappa shape index (κ3) is 4.50. The van der Waals surface area contributed by atoms with E-state index in [-0.39, 0.29) is 5.43 Å². The summed E-state index contributed by atoms with van der Waals surface area (Å²) in [5.41, 5.74) is 1.03. The van der Waals surface area contributed by atoms with E-state index in [0.29, 0.717) is 39.3 Å². The van der Waals surface area contributed by atoms with Crippen LogP contribution in [0.25, 0.3) is 21.9 Å². The second-order valence-electron chi connectivity index (χ2n) is 7.54. The van der Waals surface area contributed by atoms with E-state index >= 15 is 0 Å². The molecule has 2 heterocycles. The van der Waals surface area contributed by atoms with E-state index in [1.54, 1.807) is 30.3 Å². The summed E-state index contributed by atoms with van der Waals surface area (Å²) in [6.07, 6.45) is 7.49. The van der Waals surface area contributed by atoms with Gasteiger partial charge in [-0.2, -0.15) is 0 Å². The van der Waals surface area contributed by atoms with E-state index in [1.165, 1.54) is 45.3 Å². The Kier molecular flexibility index (Phi) is 6.18. The number of likely N-dealkylation sites (tertiary alicyclic amines) is 1. The molecule has 1 aliphatic rings. The van der Waals surface area contributed by atoms with Crippen molar-refractivity contribution in [2.45, 2.75) is 38.5 Å². The number of fused-ring (bicyclic) bond motifs is 2. The SMILES string of the molecule is O=c1c2cc(Cl)ccc2oc2ccc(OCCCCCN3CCCCC3)cc12. The van der Waals surface area contributed by atoms with Crippen molar-refractivity contribution < 1.29 is 9.15 Å². The van der Waals surface area contributed by atoms with Crippen molar-refractivity contribution in [2.75, 3.05) is 26.2 Å². The van der Waals surface area contributed by atoms with Crippen molar-refractivity contribution in [1.29, 1.82) is 0 Å². The molecule has 0 radical (unpaired) electrons. The fourth-order valence-corrected chi connectivity index (χ4v) is 4.06. The van der Waals surface area contributed by atoms with Crippen LogP contribution < -0.4 is 10.2 Å². The van der Waals surface area contributed by atoms with Gasteiger partial charge in [-0.3, -0.25) is 4.79 Å². The van der Waals surface area contributed by atoms with Gasteiger partial charge in [0.1, 0.15) is 16.9 Å². The maximum Gasteiger partial charge on any atom is 0.200 e. The van der Waals surface area contributed by atoms with Gasteiger partial charge in [-0.1, -0.05) is 18.0 Å². The Balaban J connectivity index is 1.34. The molecule has 0 atom stereocenters. The Morgan fingerprint density at radius 2 is 1.68 bits per heavy atom. The lowest BCUT2D eigenvalue weighted by Crippen LogP contribution is -2.30. The third-order valence-electron chi connectivity index (χ3n) is 5.44. The van der Waals surface area contributed by atoms with Crippen molar-refractivity contribution in [1.82, 2.24) is 4.90 Å². The number of ether oxygens (including phenoxy) is 1. The van der Waals surface area contributed by atoms with E-state index in [9.17, 15) is 4.79 Å². The molecule has 148 valence electrons. The topological polar surface area (TPSA) is 42.7 Å². The largest absolute Gasteiger partial charge is 0.494 e. The number of halogens is 1. The highest BCUT2D eigenvalue weighted by atomic mass is 35.5. The van der Waals surface area contributed by atoms with E-state index < -0.39 is 0 Å². The van der Waals surface area contributed by atoms with Crippen molar-refractivity contribution in [3.8, 4) is 5.75 Å². The lowest BCUT2D eigenvalue weighted by atomic mass is 10.1. The number of hydrogen-bond donors (Lipinski definition) is 0. The summed E-state index contributed by atoms with van der Waals surface area (Å²) >= 11 is 6.02. The quantitative estimate of drug-likeness (QED) is 0.381.